The maximum atomic E-state index is 13.2. The highest BCUT2D eigenvalue weighted by Gasteiger charge is 2.22. The zero-order valence-corrected chi connectivity index (χ0v) is 16.9. The maximum Gasteiger partial charge on any atom is 0.233 e. The van der Waals surface area contributed by atoms with E-state index in [-0.39, 0.29) is 11.7 Å². The van der Waals surface area contributed by atoms with Crippen molar-refractivity contribution < 1.29 is 9.59 Å². The molecule has 1 amide bonds. The van der Waals surface area contributed by atoms with E-state index in [1.807, 2.05) is 66.7 Å². The second-order valence-electron chi connectivity index (χ2n) is 6.78. The van der Waals surface area contributed by atoms with Crippen LogP contribution in [0, 0.1) is 0 Å². The van der Waals surface area contributed by atoms with Crippen molar-refractivity contribution in [2.75, 3.05) is 4.90 Å². The van der Waals surface area contributed by atoms with Gasteiger partial charge < -0.3 is 0 Å². The van der Waals surface area contributed by atoms with Gasteiger partial charge in [0.05, 0.1) is 15.9 Å². The molecule has 0 saturated heterocycles. The SMILES string of the molecule is CC(=O)c1ccc(N(C(=O)CCc2ccccc2)c2nc3ccccc3s2)cc1. The highest BCUT2D eigenvalue weighted by Crippen LogP contribution is 2.34. The lowest BCUT2D eigenvalue weighted by Crippen LogP contribution is -2.26. The van der Waals surface area contributed by atoms with E-state index in [2.05, 4.69) is 4.98 Å². The number of amides is 1. The van der Waals surface area contributed by atoms with Crippen molar-refractivity contribution in [3.8, 4) is 0 Å². The van der Waals surface area contributed by atoms with E-state index in [1.54, 1.807) is 17.0 Å². The van der Waals surface area contributed by atoms with Crippen LogP contribution < -0.4 is 4.90 Å². The van der Waals surface area contributed by atoms with Crippen LogP contribution in [0.3, 0.4) is 0 Å². The van der Waals surface area contributed by atoms with Gasteiger partial charge in [0.1, 0.15) is 0 Å². The van der Waals surface area contributed by atoms with Gasteiger partial charge in [-0.1, -0.05) is 53.8 Å². The minimum atomic E-state index is -0.0246. The van der Waals surface area contributed by atoms with E-state index in [0.717, 1.165) is 15.8 Å². The molecule has 0 aliphatic heterocycles. The summed E-state index contributed by atoms with van der Waals surface area (Å²) in [7, 11) is 0. The number of nitrogens with zero attached hydrogens (tertiary/aromatic N) is 2. The first-order valence-electron chi connectivity index (χ1n) is 9.45. The standard InChI is InChI=1S/C24H20N2O2S/c1-17(27)19-12-14-20(15-13-19)26(23(28)16-11-18-7-3-2-4-8-18)24-25-21-9-5-6-10-22(21)29-24/h2-10,12-15H,11,16H2,1H3. The van der Waals surface area contributed by atoms with Gasteiger partial charge in [-0.25, -0.2) is 4.98 Å². The molecule has 0 aliphatic rings. The van der Waals surface area contributed by atoms with Crippen molar-refractivity contribution in [1.29, 1.82) is 0 Å². The molecule has 0 fully saturated rings. The number of thiazole rings is 1. The molecule has 5 heteroatoms. The van der Waals surface area contributed by atoms with Crippen molar-refractivity contribution in [3.05, 3.63) is 90.0 Å². The van der Waals surface area contributed by atoms with Crippen molar-refractivity contribution in [2.24, 2.45) is 0 Å². The smallest absolute Gasteiger partial charge is 0.233 e. The topological polar surface area (TPSA) is 50.3 Å². The van der Waals surface area contributed by atoms with Crippen LogP contribution in [0.25, 0.3) is 10.2 Å². The van der Waals surface area contributed by atoms with Crippen LogP contribution in [0.15, 0.2) is 78.9 Å². The number of benzene rings is 3. The number of hydrogen-bond acceptors (Lipinski definition) is 4. The van der Waals surface area contributed by atoms with Crippen LogP contribution in [0.2, 0.25) is 0 Å². The molecule has 0 atom stereocenters. The first-order valence-corrected chi connectivity index (χ1v) is 10.3. The molecule has 29 heavy (non-hydrogen) atoms. The second kappa shape index (κ2) is 8.37. The number of rotatable bonds is 6. The number of carbonyl (C=O) groups is 2. The van der Waals surface area contributed by atoms with Crippen molar-refractivity contribution >= 4 is 44.1 Å². The Balaban J connectivity index is 1.67. The van der Waals surface area contributed by atoms with Crippen LogP contribution >= 0.6 is 11.3 Å². The van der Waals surface area contributed by atoms with Gasteiger partial charge in [0.25, 0.3) is 0 Å². The van der Waals surface area contributed by atoms with Gasteiger partial charge in [-0.3, -0.25) is 14.5 Å². The van der Waals surface area contributed by atoms with Gasteiger partial charge in [0.15, 0.2) is 10.9 Å². The van der Waals surface area contributed by atoms with Gasteiger partial charge in [0, 0.05) is 12.0 Å². The number of fused-ring (bicyclic) bond motifs is 1. The number of ketones is 1. The minimum Gasteiger partial charge on any atom is -0.295 e. The summed E-state index contributed by atoms with van der Waals surface area (Å²) in [4.78, 5) is 31.2. The molecule has 0 bridgehead atoms. The average Bonchev–Trinajstić information content (AvgIpc) is 3.17. The number of Topliss-reactive ketones (excluding diaryl/α,β-unsaturated/α-hetero) is 1. The largest absolute Gasteiger partial charge is 0.295 e. The van der Waals surface area contributed by atoms with E-state index in [0.29, 0.717) is 29.2 Å². The van der Waals surface area contributed by atoms with Crippen LogP contribution in [0.5, 0.6) is 0 Å². The fourth-order valence-electron chi connectivity index (χ4n) is 3.17. The third-order valence-corrected chi connectivity index (χ3v) is 5.75. The summed E-state index contributed by atoms with van der Waals surface area (Å²) in [5, 5.41) is 0.639. The lowest BCUT2D eigenvalue weighted by atomic mass is 10.1. The molecule has 0 radical (unpaired) electrons. The fraction of sp³-hybridized carbons (Fsp3) is 0.125. The van der Waals surface area contributed by atoms with Gasteiger partial charge in [-0.2, -0.15) is 0 Å². The Morgan fingerprint density at radius 3 is 2.28 bits per heavy atom. The molecule has 4 rings (SSSR count). The summed E-state index contributed by atoms with van der Waals surface area (Å²) in [5.74, 6) is -0.0259. The monoisotopic (exact) mass is 400 g/mol. The first kappa shape index (κ1) is 19.0. The van der Waals surface area contributed by atoms with Crippen molar-refractivity contribution in [1.82, 2.24) is 4.98 Å². The van der Waals surface area contributed by atoms with Gasteiger partial charge in [-0.05, 0) is 55.3 Å². The number of carbonyl (C=O) groups excluding carboxylic acids is 2. The minimum absolute atomic E-state index is 0.00140. The van der Waals surface area contributed by atoms with E-state index >= 15 is 0 Å². The highest BCUT2D eigenvalue weighted by molar-refractivity contribution is 7.22. The molecule has 0 spiro atoms. The summed E-state index contributed by atoms with van der Waals surface area (Å²) in [5.41, 5.74) is 3.33. The number of aromatic nitrogens is 1. The van der Waals surface area contributed by atoms with Crippen molar-refractivity contribution in [2.45, 2.75) is 19.8 Å². The molecule has 4 nitrogen and oxygen atoms in total. The average molecular weight is 401 g/mol. The summed E-state index contributed by atoms with van der Waals surface area (Å²) in [6, 6.07) is 24.9. The number of aryl methyl sites for hydroxylation is 1. The Hall–Kier alpha value is -3.31. The van der Waals surface area contributed by atoms with E-state index in [4.69, 9.17) is 0 Å². The molecule has 0 saturated carbocycles. The fourth-order valence-corrected chi connectivity index (χ4v) is 4.17. The first-order chi connectivity index (χ1) is 14.1. The summed E-state index contributed by atoms with van der Waals surface area (Å²) >= 11 is 1.49. The third kappa shape index (κ3) is 4.25. The Morgan fingerprint density at radius 2 is 1.59 bits per heavy atom. The Kier molecular flexibility index (Phi) is 5.49. The second-order valence-corrected chi connectivity index (χ2v) is 7.79. The van der Waals surface area contributed by atoms with Crippen LogP contribution in [-0.2, 0) is 11.2 Å². The maximum absolute atomic E-state index is 13.2. The van der Waals surface area contributed by atoms with Crippen LogP contribution in [0.1, 0.15) is 29.3 Å². The lowest BCUT2D eigenvalue weighted by molar-refractivity contribution is -0.117. The molecule has 4 aromatic rings. The predicted molar refractivity (Wildman–Crippen MR) is 118 cm³/mol. The van der Waals surface area contributed by atoms with E-state index < -0.39 is 0 Å². The van der Waals surface area contributed by atoms with Crippen LogP contribution in [0.4, 0.5) is 10.8 Å². The van der Waals surface area contributed by atoms with Gasteiger partial charge in [0.2, 0.25) is 5.91 Å². The third-order valence-electron chi connectivity index (χ3n) is 4.73. The van der Waals surface area contributed by atoms with Gasteiger partial charge >= 0.3 is 0 Å². The molecule has 1 heterocycles. The normalized spacial score (nSPS) is 10.8. The summed E-state index contributed by atoms with van der Waals surface area (Å²) < 4.78 is 1.03. The molecule has 0 unspecified atom stereocenters. The zero-order chi connectivity index (χ0) is 20.2. The molecule has 0 aliphatic carbocycles. The molecular formula is C24H20N2O2S. The molecule has 1 aromatic heterocycles. The Bertz CT molecular complexity index is 1120. The Morgan fingerprint density at radius 1 is 0.897 bits per heavy atom. The highest BCUT2D eigenvalue weighted by atomic mass is 32.1. The van der Waals surface area contributed by atoms with Crippen molar-refractivity contribution in [3.63, 3.8) is 0 Å². The molecule has 0 N–H and O–H groups in total. The van der Waals surface area contributed by atoms with Crippen LogP contribution in [-0.4, -0.2) is 16.7 Å². The number of hydrogen-bond donors (Lipinski definition) is 0. The summed E-state index contributed by atoms with van der Waals surface area (Å²) in [6.45, 7) is 1.53. The quantitative estimate of drug-likeness (QED) is 0.385. The molecular weight excluding hydrogens is 380 g/mol. The summed E-state index contributed by atoms with van der Waals surface area (Å²) in [6.07, 6.45) is 1.03. The molecule has 3 aromatic carbocycles. The van der Waals surface area contributed by atoms with E-state index in [9.17, 15) is 9.59 Å². The lowest BCUT2D eigenvalue weighted by Gasteiger charge is -2.20. The number of anilines is 2. The zero-order valence-electron chi connectivity index (χ0n) is 16.0. The predicted octanol–water partition coefficient (Wildman–Crippen LogP) is 5.80. The molecule has 144 valence electrons. The van der Waals surface area contributed by atoms with E-state index in [1.165, 1.54) is 18.3 Å². The van der Waals surface area contributed by atoms with Gasteiger partial charge in [-0.15, -0.1) is 0 Å². The number of para-hydroxylation sites is 1. The Labute approximate surface area is 173 Å².